The zero-order valence-electron chi connectivity index (χ0n) is 5.46. The maximum Gasteiger partial charge on any atom is 0.277 e. The Morgan fingerprint density at radius 2 is 2.45 bits per heavy atom. The van der Waals surface area contributed by atoms with Crippen molar-refractivity contribution in [3.63, 3.8) is 0 Å². The van der Waals surface area contributed by atoms with Crippen LogP contribution < -0.4 is 11.3 Å². The summed E-state index contributed by atoms with van der Waals surface area (Å²) in [5.41, 5.74) is 5.61. The highest BCUT2D eigenvalue weighted by molar-refractivity contribution is 7.35. The van der Waals surface area contributed by atoms with Crippen molar-refractivity contribution < 1.29 is 0 Å². The summed E-state index contributed by atoms with van der Waals surface area (Å²) in [6, 6.07) is 0. The molecule has 0 radical (unpaired) electrons. The van der Waals surface area contributed by atoms with Crippen molar-refractivity contribution in [1.29, 1.82) is 0 Å². The Morgan fingerprint density at radius 1 is 1.64 bits per heavy atom. The summed E-state index contributed by atoms with van der Waals surface area (Å²) in [4.78, 5) is 20.2. The number of H-pyrrole nitrogens is 2. The number of anilines is 1. The van der Waals surface area contributed by atoms with Gasteiger partial charge in [-0.1, -0.05) is 0 Å². The Kier molecular flexibility index (Phi) is 1.20. The summed E-state index contributed by atoms with van der Waals surface area (Å²) in [5, 5.41) is 0.686. The third-order valence-corrected chi connectivity index (χ3v) is 2.14. The van der Waals surface area contributed by atoms with Crippen LogP contribution >= 0.6 is 8.19 Å². The number of nitrogens with zero attached hydrogens (tertiary/aromatic N) is 1. The molecule has 0 spiro atoms. The molecule has 2 rings (SSSR count). The minimum atomic E-state index is -0.214. The van der Waals surface area contributed by atoms with E-state index in [1.807, 2.05) is 0 Å². The van der Waals surface area contributed by atoms with E-state index in [-0.39, 0.29) is 11.5 Å². The van der Waals surface area contributed by atoms with Crippen molar-refractivity contribution in [1.82, 2.24) is 15.0 Å². The molecule has 2 aromatic rings. The molecule has 0 atom stereocenters. The second-order valence-electron chi connectivity index (χ2n) is 2.05. The molecule has 0 saturated carbocycles. The van der Waals surface area contributed by atoms with Gasteiger partial charge in [-0.2, -0.15) is 0 Å². The molecule has 6 heteroatoms. The lowest BCUT2D eigenvalue weighted by atomic mass is 10.6. The van der Waals surface area contributed by atoms with Crippen molar-refractivity contribution in [2.45, 2.75) is 0 Å². The van der Waals surface area contributed by atoms with E-state index in [1.165, 1.54) is 0 Å². The SMILES string of the molecule is Nc1nc2pc[nH]c2c(=O)[nH]1. The number of hydrogen-bond donors (Lipinski definition) is 3. The van der Waals surface area contributed by atoms with Crippen LogP contribution in [0.3, 0.4) is 0 Å². The van der Waals surface area contributed by atoms with Gasteiger partial charge in [0.25, 0.3) is 5.56 Å². The maximum absolute atomic E-state index is 11.1. The van der Waals surface area contributed by atoms with Crippen molar-refractivity contribution in [2.75, 3.05) is 5.73 Å². The van der Waals surface area contributed by atoms with Gasteiger partial charge in [-0.3, -0.25) is 9.78 Å². The van der Waals surface area contributed by atoms with Gasteiger partial charge in [-0.15, -0.1) is 0 Å². The predicted molar refractivity (Wildman–Crippen MR) is 43.6 cm³/mol. The molecule has 0 aliphatic rings. The van der Waals surface area contributed by atoms with Crippen LogP contribution in [-0.2, 0) is 0 Å². The van der Waals surface area contributed by atoms with Crippen LogP contribution in [0.2, 0.25) is 0 Å². The number of rotatable bonds is 0. The van der Waals surface area contributed by atoms with Gasteiger partial charge >= 0.3 is 0 Å². The average Bonchev–Trinajstić information content (AvgIpc) is 2.34. The molecule has 0 aromatic carbocycles. The van der Waals surface area contributed by atoms with Crippen LogP contribution in [0.15, 0.2) is 10.7 Å². The fraction of sp³-hybridized carbons (Fsp3) is 0. The molecule has 2 heterocycles. The molecule has 0 bridgehead atoms. The van der Waals surface area contributed by atoms with E-state index in [4.69, 9.17) is 5.73 Å². The first-order chi connectivity index (χ1) is 5.27. The van der Waals surface area contributed by atoms with Crippen LogP contribution in [0, 0.1) is 0 Å². The monoisotopic (exact) mass is 168 g/mol. The van der Waals surface area contributed by atoms with Gasteiger partial charge in [-0.25, -0.2) is 4.98 Å². The molecule has 0 aliphatic carbocycles. The van der Waals surface area contributed by atoms with E-state index in [9.17, 15) is 4.79 Å². The van der Waals surface area contributed by atoms with Crippen molar-refractivity contribution in [2.24, 2.45) is 0 Å². The number of fused-ring (bicyclic) bond motifs is 1. The van der Waals surface area contributed by atoms with Crippen molar-refractivity contribution in [3.05, 3.63) is 16.3 Å². The Bertz CT molecular complexity index is 445. The Labute approximate surface area is 62.8 Å². The molecule has 0 aliphatic heterocycles. The van der Waals surface area contributed by atoms with Crippen LogP contribution in [0.4, 0.5) is 5.95 Å². The molecular weight excluding hydrogens is 163 g/mol. The van der Waals surface area contributed by atoms with Crippen LogP contribution in [0.1, 0.15) is 0 Å². The molecular formula is C5H5N4OP. The van der Waals surface area contributed by atoms with Gasteiger partial charge in [0.05, 0.1) is 0 Å². The van der Waals surface area contributed by atoms with E-state index >= 15 is 0 Å². The average molecular weight is 168 g/mol. The zero-order valence-corrected chi connectivity index (χ0v) is 6.35. The number of nitrogens with one attached hydrogen (secondary N) is 2. The Hall–Kier alpha value is -1.35. The molecule has 11 heavy (non-hydrogen) atoms. The molecule has 56 valence electrons. The van der Waals surface area contributed by atoms with Crippen molar-refractivity contribution in [3.8, 4) is 0 Å². The standard InChI is InChI=1S/C5H5N4OP/c6-5-8-3(10)2-4(9-5)11-1-7-2/h1,7H,(H3,6,8,9,10). The van der Waals surface area contributed by atoms with Gasteiger partial charge < -0.3 is 10.7 Å². The molecule has 0 unspecified atom stereocenters. The summed E-state index contributed by atoms with van der Waals surface area (Å²) in [5.74, 6) is 1.91. The minimum Gasteiger partial charge on any atom is -0.369 e. The summed E-state index contributed by atoms with van der Waals surface area (Å²) in [6.07, 6.45) is 0. The minimum absolute atomic E-state index is 0.165. The lowest BCUT2D eigenvalue weighted by Crippen LogP contribution is -2.10. The fourth-order valence-corrected chi connectivity index (χ4v) is 1.64. The normalized spacial score (nSPS) is 11.3. The number of aromatic amines is 2. The first-order valence-corrected chi connectivity index (χ1v) is 3.92. The van der Waals surface area contributed by atoms with Crippen molar-refractivity contribution >= 4 is 24.9 Å². The van der Waals surface area contributed by atoms with E-state index in [0.717, 1.165) is 8.19 Å². The third kappa shape index (κ3) is 0.897. The summed E-state index contributed by atoms with van der Waals surface area (Å²) in [6.45, 7) is 0. The highest BCUT2D eigenvalue weighted by atomic mass is 31.0. The highest BCUT2D eigenvalue weighted by Gasteiger charge is 2.00. The largest absolute Gasteiger partial charge is 0.369 e. The van der Waals surface area contributed by atoms with Gasteiger partial charge in [0.15, 0.2) is 0 Å². The molecule has 2 aromatic heterocycles. The van der Waals surface area contributed by atoms with E-state index in [1.54, 1.807) is 5.93 Å². The third-order valence-electron chi connectivity index (χ3n) is 1.31. The Balaban J connectivity index is 3.02. The van der Waals surface area contributed by atoms with Crippen LogP contribution in [-0.4, -0.2) is 15.0 Å². The number of aromatic nitrogens is 3. The number of nitrogens with two attached hydrogens (primary N) is 1. The quantitative estimate of drug-likeness (QED) is 0.532. The smallest absolute Gasteiger partial charge is 0.277 e. The summed E-state index contributed by atoms with van der Waals surface area (Å²) in [7, 11) is 0.887. The zero-order chi connectivity index (χ0) is 7.84. The van der Waals surface area contributed by atoms with E-state index < -0.39 is 0 Å². The molecule has 0 saturated heterocycles. The Morgan fingerprint density at radius 3 is 3.27 bits per heavy atom. The molecule has 0 fully saturated rings. The predicted octanol–water partition coefficient (Wildman–Crippen LogP) is 0.413. The van der Waals surface area contributed by atoms with Gasteiger partial charge in [0, 0.05) is 5.93 Å². The highest BCUT2D eigenvalue weighted by Crippen LogP contribution is 2.15. The topological polar surface area (TPSA) is 87.6 Å². The van der Waals surface area contributed by atoms with Gasteiger partial charge in [0.2, 0.25) is 5.95 Å². The van der Waals surface area contributed by atoms with E-state index in [0.29, 0.717) is 10.8 Å². The van der Waals surface area contributed by atoms with E-state index in [2.05, 4.69) is 15.0 Å². The molecule has 4 N–H and O–H groups in total. The van der Waals surface area contributed by atoms with Gasteiger partial charge in [-0.05, 0) is 8.19 Å². The van der Waals surface area contributed by atoms with Crippen LogP contribution in [0.25, 0.3) is 10.8 Å². The first kappa shape index (κ1) is 6.37. The lowest BCUT2D eigenvalue weighted by Gasteiger charge is -1.89. The lowest BCUT2D eigenvalue weighted by molar-refractivity contribution is 1.18. The number of nitrogen functional groups attached to an aromatic ring is 1. The molecule has 5 nitrogen and oxygen atoms in total. The number of hydrogen-bond acceptors (Lipinski definition) is 3. The van der Waals surface area contributed by atoms with Gasteiger partial charge in [0.1, 0.15) is 10.8 Å². The summed E-state index contributed by atoms with van der Waals surface area (Å²) < 4.78 is 0. The summed E-state index contributed by atoms with van der Waals surface area (Å²) >= 11 is 0. The second kappa shape index (κ2) is 2.07. The fourth-order valence-electron chi connectivity index (χ4n) is 0.860. The first-order valence-electron chi connectivity index (χ1n) is 2.96. The maximum atomic E-state index is 11.1. The second-order valence-corrected chi connectivity index (χ2v) is 2.99. The molecule has 0 amide bonds. The van der Waals surface area contributed by atoms with Crippen LogP contribution in [0.5, 0.6) is 0 Å².